The summed E-state index contributed by atoms with van der Waals surface area (Å²) in [5, 5.41) is 16.0. The Bertz CT molecular complexity index is 615. The van der Waals surface area contributed by atoms with Gasteiger partial charge in [0.05, 0.1) is 5.56 Å². The number of hydrogen-bond donors (Lipinski definition) is 2. The Morgan fingerprint density at radius 1 is 1.42 bits per heavy atom. The Kier molecular flexibility index (Phi) is 3.13. The quantitative estimate of drug-likeness (QED) is 0.810. The summed E-state index contributed by atoms with van der Waals surface area (Å²) in [6.07, 6.45) is 3.13. The molecule has 0 aromatic carbocycles. The van der Waals surface area contributed by atoms with Crippen LogP contribution in [-0.2, 0) is 17.6 Å². The third-order valence-electron chi connectivity index (χ3n) is 3.81. The van der Waals surface area contributed by atoms with Crippen molar-refractivity contribution in [2.45, 2.75) is 26.2 Å². The number of carbonyl (C=O) groups is 1. The average molecular weight is 273 g/mol. The standard InChI is InChI=1S/C14H15N3OS/c1-8(9-6-16-7-9)13(18)17-14-11(5-15)10-3-2-4-12(10)19-14/h16H,2-4,6-7H2,1H3,(H,17,18). The second-order valence-corrected chi connectivity index (χ2v) is 6.06. The molecule has 2 heterocycles. The predicted molar refractivity (Wildman–Crippen MR) is 75.3 cm³/mol. The number of rotatable bonds is 2. The summed E-state index contributed by atoms with van der Waals surface area (Å²) in [5.41, 5.74) is 3.75. The van der Waals surface area contributed by atoms with Crippen LogP contribution in [0, 0.1) is 11.3 Å². The monoisotopic (exact) mass is 273 g/mol. The lowest BCUT2D eigenvalue weighted by Crippen LogP contribution is -2.36. The summed E-state index contributed by atoms with van der Waals surface area (Å²) >= 11 is 1.56. The summed E-state index contributed by atoms with van der Waals surface area (Å²) in [5.74, 6) is -0.0760. The Balaban J connectivity index is 1.84. The number of nitrogens with one attached hydrogen (secondary N) is 2. The molecule has 4 nitrogen and oxygen atoms in total. The number of nitriles is 1. The van der Waals surface area contributed by atoms with Crippen molar-refractivity contribution in [3.8, 4) is 6.07 Å². The van der Waals surface area contributed by atoms with Crippen molar-refractivity contribution >= 4 is 22.2 Å². The van der Waals surface area contributed by atoms with E-state index in [9.17, 15) is 10.1 Å². The molecule has 0 spiro atoms. The molecular formula is C14H15N3OS. The van der Waals surface area contributed by atoms with E-state index >= 15 is 0 Å². The summed E-state index contributed by atoms with van der Waals surface area (Å²) < 4.78 is 0. The van der Waals surface area contributed by atoms with Crippen LogP contribution in [0.4, 0.5) is 5.00 Å². The Morgan fingerprint density at radius 3 is 2.84 bits per heavy atom. The zero-order valence-electron chi connectivity index (χ0n) is 10.8. The molecule has 1 aromatic rings. The number of nitrogens with zero attached hydrogens (tertiary/aromatic N) is 1. The highest BCUT2D eigenvalue weighted by Crippen LogP contribution is 2.38. The number of carbonyl (C=O) groups excluding carboxylic acids is 1. The number of aryl methyl sites for hydroxylation is 1. The van der Waals surface area contributed by atoms with Crippen molar-refractivity contribution in [3.05, 3.63) is 27.2 Å². The first-order valence-corrected chi connectivity index (χ1v) is 7.27. The smallest absolute Gasteiger partial charge is 0.251 e. The summed E-state index contributed by atoms with van der Waals surface area (Å²) in [4.78, 5) is 13.4. The molecule has 1 saturated heterocycles. The highest BCUT2D eigenvalue weighted by Gasteiger charge is 2.24. The summed E-state index contributed by atoms with van der Waals surface area (Å²) in [7, 11) is 0. The topological polar surface area (TPSA) is 64.9 Å². The van der Waals surface area contributed by atoms with Gasteiger partial charge in [-0.2, -0.15) is 5.26 Å². The van der Waals surface area contributed by atoms with Crippen molar-refractivity contribution < 1.29 is 4.79 Å². The van der Waals surface area contributed by atoms with E-state index in [1.807, 2.05) is 6.92 Å². The van der Waals surface area contributed by atoms with Gasteiger partial charge >= 0.3 is 0 Å². The fourth-order valence-corrected chi connectivity index (χ4v) is 3.72. The van der Waals surface area contributed by atoms with Crippen LogP contribution in [0.2, 0.25) is 0 Å². The summed E-state index contributed by atoms with van der Waals surface area (Å²) in [6.45, 7) is 3.44. The molecule has 19 heavy (non-hydrogen) atoms. The van der Waals surface area contributed by atoms with Crippen molar-refractivity contribution in [2.75, 3.05) is 18.4 Å². The van der Waals surface area contributed by atoms with Crippen LogP contribution >= 0.6 is 11.3 Å². The third kappa shape index (κ3) is 2.07. The Hall–Kier alpha value is -1.64. The normalized spacial score (nSPS) is 16.5. The molecule has 2 N–H and O–H groups in total. The second kappa shape index (κ2) is 4.80. The molecular weight excluding hydrogens is 258 g/mol. The molecule has 1 aliphatic heterocycles. The zero-order chi connectivity index (χ0) is 13.4. The zero-order valence-corrected chi connectivity index (χ0v) is 11.6. The Labute approximate surface area is 116 Å². The van der Waals surface area contributed by atoms with E-state index in [1.165, 1.54) is 4.88 Å². The first kappa shape index (κ1) is 12.4. The maximum Gasteiger partial charge on any atom is 0.251 e. The lowest BCUT2D eigenvalue weighted by Gasteiger charge is -2.21. The maximum atomic E-state index is 12.1. The average Bonchev–Trinajstić information content (AvgIpc) is 2.86. The number of hydrogen-bond acceptors (Lipinski definition) is 4. The molecule has 3 rings (SSSR count). The van der Waals surface area contributed by atoms with Crippen LogP contribution in [-0.4, -0.2) is 19.0 Å². The van der Waals surface area contributed by atoms with Gasteiger partial charge in [-0.25, -0.2) is 0 Å². The molecule has 0 saturated carbocycles. The van der Waals surface area contributed by atoms with Crippen LogP contribution in [0.15, 0.2) is 11.1 Å². The first-order chi connectivity index (χ1) is 9.20. The van der Waals surface area contributed by atoms with Gasteiger partial charge in [-0.15, -0.1) is 11.3 Å². The van der Waals surface area contributed by atoms with Gasteiger partial charge in [-0.1, -0.05) is 0 Å². The molecule has 0 atom stereocenters. The predicted octanol–water partition coefficient (Wildman–Crippen LogP) is 1.97. The number of amides is 1. The number of fused-ring (bicyclic) bond motifs is 1. The number of thiophene rings is 1. The van der Waals surface area contributed by atoms with Gasteiger partial charge < -0.3 is 10.6 Å². The van der Waals surface area contributed by atoms with E-state index in [1.54, 1.807) is 11.3 Å². The molecule has 2 aliphatic rings. The van der Waals surface area contributed by atoms with Gasteiger partial charge in [-0.3, -0.25) is 4.79 Å². The van der Waals surface area contributed by atoms with E-state index in [-0.39, 0.29) is 5.91 Å². The van der Waals surface area contributed by atoms with Gasteiger partial charge in [0.25, 0.3) is 5.91 Å². The van der Waals surface area contributed by atoms with E-state index in [0.29, 0.717) is 5.56 Å². The highest BCUT2D eigenvalue weighted by atomic mass is 32.1. The molecule has 0 bridgehead atoms. The lowest BCUT2D eigenvalue weighted by molar-refractivity contribution is -0.112. The molecule has 0 unspecified atom stereocenters. The van der Waals surface area contributed by atoms with E-state index in [4.69, 9.17) is 0 Å². The SMILES string of the molecule is CC(C(=O)Nc1sc2c(c1C#N)CCC2)=C1CNC1. The molecule has 1 aliphatic carbocycles. The van der Waals surface area contributed by atoms with Crippen LogP contribution in [0.5, 0.6) is 0 Å². The minimum absolute atomic E-state index is 0.0760. The lowest BCUT2D eigenvalue weighted by atomic mass is 10.0. The molecule has 0 radical (unpaired) electrons. The fourth-order valence-electron chi connectivity index (χ4n) is 2.48. The largest absolute Gasteiger partial charge is 0.313 e. The van der Waals surface area contributed by atoms with Crippen molar-refractivity contribution in [1.29, 1.82) is 5.26 Å². The second-order valence-electron chi connectivity index (χ2n) is 4.96. The van der Waals surface area contributed by atoms with Crippen LogP contribution < -0.4 is 10.6 Å². The van der Waals surface area contributed by atoms with Crippen molar-refractivity contribution in [1.82, 2.24) is 5.32 Å². The third-order valence-corrected chi connectivity index (χ3v) is 5.02. The molecule has 98 valence electrons. The van der Waals surface area contributed by atoms with Gasteiger partial charge in [0.15, 0.2) is 0 Å². The van der Waals surface area contributed by atoms with Gasteiger partial charge in [-0.05, 0) is 37.3 Å². The highest BCUT2D eigenvalue weighted by molar-refractivity contribution is 7.16. The molecule has 1 amide bonds. The van der Waals surface area contributed by atoms with E-state index in [0.717, 1.165) is 54.1 Å². The van der Waals surface area contributed by atoms with Crippen LogP contribution in [0.25, 0.3) is 0 Å². The van der Waals surface area contributed by atoms with Crippen molar-refractivity contribution in [3.63, 3.8) is 0 Å². The minimum Gasteiger partial charge on any atom is -0.313 e. The first-order valence-electron chi connectivity index (χ1n) is 6.46. The molecule has 5 heteroatoms. The molecule has 1 aromatic heterocycles. The van der Waals surface area contributed by atoms with Gasteiger partial charge in [0.2, 0.25) is 0 Å². The van der Waals surface area contributed by atoms with Gasteiger partial charge in [0.1, 0.15) is 11.1 Å². The minimum atomic E-state index is -0.0760. The Morgan fingerprint density at radius 2 is 2.21 bits per heavy atom. The summed E-state index contributed by atoms with van der Waals surface area (Å²) in [6, 6.07) is 2.24. The van der Waals surface area contributed by atoms with Crippen LogP contribution in [0.3, 0.4) is 0 Å². The maximum absolute atomic E-state index is 12.1. The van der Waals surface area contributed by atoms with Crippen molar-refractivity contribution in [2.24, 2.45) is 0 Å². The van der Waals surface area contributed by atoms with E-state index < -0.39 is 0 Å². The fraction of sp³-hybridized carbons (Fsp3) is 0.429. The number of anilines is 1. The van der Waals surface area contributed by atoms with Gasteiger partial charge in [0, 0.05) is 23.5 Å². The van der Waals surface area contributed by atoms with Crippen LogP contribution in [0.1, 0.15) is 29.3 Å². The molecule has 1 fully saturated rings. The van der Waals surface area contributed by atoms with E-state index in [2.05, 4.69) is 16.7 Å².